The van der Waals surface area contributed by atoms with E-state index in [1.54, 1.807) is 0 Å². The van der Waals surface area contributed by atoms with E-state index >= 15 is 0 Å². The van der Waals surface area contributed by atoms with Crippen LogP contribution in [0, 0.1) is 27.7 Å². The average molecular weight is 1270 g/mol. The second-order valence-electron chi connectivity index (χ2n) is 26.8. The van der Waals surface area contributed by atoms with Crippen molar-refractivity contribution in [2.75, 3.05) is 26.4 Å². The number of para-hydroxylation sites is 2. The van der Waals surface area contributed by atoms with Gasteiger partial charge in [0.25, 0.3) is 0 Å². The van der Waals surface area contributed by atoms with Crippen molar-refractivity contribution in [3.8, 4) is 46.0 Å². The summed E-state index contributed by atoms with van der Waals surface area (Å²) in [7, 11) is 0. The van der Waals surface area contributed by atoms with Crippen molar-refractivity contribution in [2.24, 2.45) is 9.98 Å². The first kappa shape index (κ1) is 74.2. The summed E-state index contributed by atoms with van der Waals surface area (Å²) in [4.78, 5) is 33.2. The van der Waals surface area contributed by atoms with Crippen LogP contribution in [0.2, 0.25) is 0 Å². The third kappa shape index (κ3) is 18.5. The second kappa shape index (κ2) is 32.0. The quantitative estimate of drug-likeness (QED) is 0.0317. The summed E-state index contributed by atoms with van der Waals surface area (Å²) in [6, 6.07) is 25.6. The van der Waals surface area contributed by atoms with Crippen LogP contribution in [0.5, 0.6) is 46.0 Å². The van der Waals surface area contributed by atoms with Gasteiger partial charge in [-0.1, -0.05) is 221 Å². The first-order valence-corrected chi connectivity index (χ1v) is 31.3. The molecule has 0 aromatic heterocycles. The monoisotopic (exact) mass is 1260 g/mol. The van der Waals surface area contributed by atoms with Crippen molar-refractivity contribution in [2.45, 2.75) is 212 Å². The number of unbranched alkanes of at least 4 members (excludes halogenated alkanes) is 4. The Morgan fingerprint density at radius 3 is 0.921 bits per heavy atom. The Labute approximate surface area is 540 Å². The van der Waals surface area contributed by atoms with Crippen LogP contribution in [0.25, 0.3) is 10.8 Å². The molecule has 0 amide bonds. The Morgan fingerprint density at radius 1 is 0.416 bits per heavy atom. The van der Waals surface area contributed by atoms with Crippen molar-refractivity contribution in [1.82, 2.24) is 0 Å². The number of aliphatic imine (C=N–C) groups is 2. The zero-order chi connectivity index (χ0) is 65.6. The molecule has 6 aromatic carbocycles. The van der Waals surface area contributed by atoms with Gasteiger partial charge in [0.2, 0.25) is 0 Å². The van der Waals surface area contributed by atoms with Gasteiger partial charge in [-0.15, -0.1) is 0 Å². The SMILES string of the molecule is CCCCOc1c(OCCCC)c(C(C)(C)C)c(OC(=O)O)c([O-])c1C(C)(C)C.CCCCOc1c(OCCCC)c(C(C)(C)C)c(OC(=O)O)c([O-])c1C(C)(C)C.Cc1cccc(C)c1N=C1C(=Nc2c(C)cccc2C)c2cccc3cccc1c23.[Ni+2]. The standard InChI is InChI=1S/C28H24N2.2C23H38O6.Ni/c1-17-9-5-10-18(2)25(17)29-27-22-15-7-13-21-14-8-16-23(24(21)22)28(27)30-26-19(3)11-6-12-20(26)4;2*1-9-11-13-27-19-15(22(3,4)5)17(24)18(29-21(25)26)16(23(6,7)8)20(19)28-14-12-10-2;/h5-16H,1-4H3;2*24H,9-14H2,1-8H3,(H,25,26);/q;;;+2/p-2. The molecule has 1 aliphatic rings. The summed E-state index contributed by atoms with van der Waals surface area (Å²) in [5, 5.41) is 47.9. The molecule has 15 heteroatoms. The Bertz CT molecular complexity index is 3220. The van der Waals surface area contributed by atoms with E-state index in [9.17, 15) is 30.0 Å². The maximum absolute atomic E-state index is 13.4. The van der Waals surface area contributed by atoms with Crippen LogP contribution in [0.15, 0.2) is 82.8 Å². The average Bonchev–Trinajstić information content (AvgIpc) is 1.76. The van der Waals surface area contributed by atoms with Gasteiger partial charge in [-0.05, 0) is 114 Å². The first-order valence-electron chi connectivity index (χ1n) is 31.3. The molecule has 0 saturated carbocycles. The molecule has 14 nitrogen and oxygen atoms in total. The van der Waals surface area contributed by atoms with Crippen LogP contribution in [0.1, 0.15) is 218 Å². The smallest absolute Gasteiger partial charge is 0.870 e. The number of ether oxygens (including phenoxy) is 6. The second-order valence-corrected chi connectivity index (χ2v) is 26.8. The molecule has 6 aromatic rings. The van der Waals surface area contributed by atoms with E-state index in [0.717, 1.165) is 85.3 Å². The van der Waals surface area contributed by atoms with Gasteiger partial charge in [0, 0.05) is 27.6 Å². The number of hydrogen-bond acceptors (Lipinski definition) is 12. The number of hydrogen-bond donors (Lipinski definition) is 2. The molecular formula is C74H98N2NiO12. The van der Waals surface area contributed by atoms with Crippen LogP contribution >= 0.6 is 0 Å². The summed E-state index contributed by atoms with van der Waals surface area (Å²) in [6.45, 7) is 41.3. The fraction of sp³-hybridized carbons (Fsp3) is 0.486. The predicted molar refractivity (Wildman–Crippen MR) is 354 cm³/mol. The Morgan fingerprint density at radius 2 is 0.674 bits per heavy atom. The largest absolute Gasteiger partial charge is 2.00 e. The molecule has 486 valence electrons. The number of carbonyl (C=O) groups is 2. The summed E-state index contributed by atoms with van der Waals surface area (Å²) in [5.74, 6) is 0.363. The zero-order valence-corrected chi connectivity index (χ0v) is 57.6. The van der Waals surface area contributed by atoms with E-state index in [1.807, 2.05) is 83.1 Å². The van der Waals surface area contributed by atoms with Crippen molar-refractivity contribution in [3.63, 3.8) is 0 Å². The molecule has 0 spiro atoms. The maximum atomic E-state index is 13.4. The Balaban J connectivity index is 0.000000284. The third-order valence-corrected chi connectivity index (χ3v) is 15.0. The van der Waals surface area contributed by atoms with Crippen molar-refractivity contribution < 1.29 is 74.9 Å². The molecule has 0 aliphatic heterocycles. The van der Waals surface area contributed by atoms with Crippen LogP contribution in [-0.2, 0) is 38.2 Å². The minimum atomic E-state index is -1.52. The number of benzene rings is 6. The number of rotatable bonds is 20. The number of carboxylic acid groups (broad SMARTS) is 2. The van der Waals surface area contributed by atoms with Gasteiger partial charge in [0.05, 0.1) is 49.2 Å². The van der Waals surface area contributed by atoms with Gasteiger partial charge < -0.3 is 48.8 Å². The Kier molecular flexibility index (Phi) is 26.7. The van der Waals surface area contributed by atoms with Gasteiger partial charge in [-0.3, -0.25) is 0 Å². The van der Waals surface area contributed by atoms with E-state index in [2.05, 4.69) is 128 Å². The van der Waals surface area contributed by atoms with Gasteiger partial charge >= 0.3 is 28.8 Å². The van der Waals surface area contributed by atoms with Gasteiger partial charge in [0.15, 0.2) is 23.0 Å². The van der Waals surface area contributed by atoms with Crippen LogP contribution < -0.4 is 38.6 Å². The van der Waals surface area contributed by atoms with Gasteiger partial charge in [-0.2, -0.15) is 0 Å². The predicted octanol–water partition coefficient (Wildman–Crippen LogP) is 18.9. The van der Waals surface area contributed by atoms with E-state index < -0.39 is 45.5 Å². The van der Waals surface area contributed by atoms with Gasteiger partial charge in [0.1, 0.15) is 11.5 Å². The Hall–Kier alpha value is -7.25. The number of aryl methyl sites for hydroxylation is 4. The van der Waals surface area contributed by atoms with Crippen LogP contribution in [0.4, 0.5) is 21.0 Å². The molecule has 0 bridgehead atoms. The van der Waals surface area contributed by atoms with E-state index in [4.69, 9.17) is 38.4 Å². The minimum Gasteiger partial charge on any atom is -0.870 e. The van der Waals surface area contributed by atoms with E-state index in [1.165, 1.54) is 33.0 Å². The molecule has 0 unspecified atom stereocenters. The molecule has 2 N–H and O–H groups in total. The molecule has 0 radical (unpaired) electrons. The fourth-order valence-electron chi connectivity index (χ4n) is 10.6. The van der Waals surface area contributed by atoms with E-state index in [0.29, 0.717) is 71.7 Å². The topological polar surface area (TPSA) is 201 Å². The molecule has 0 heterocycles. The number of nitrogens with zero attached hydrogens (tertiary/aromatic N) is 2. The summed E-state index contributed by atoms with van der Waals surface area (Å²) in [6.07, 6.45) is 4.09. The summed E-state index contributed by atoms with van der Waals surface area (Å²) < 4.78 is 34.6. The molecule has 0 saturated heterocycles. The minimum absolute atomic E-state index is 0. The normalized spacial score (nSPS) is 13.0. The molecular weight excluding hydrogens is 1170 g/mol. The first-order chi connectivity index (χ1) is 41.3. The zero-order valence-electron chi connectivity index (χ0n) is 56.6. The van der Waals surface area contributed by atoms with Crippen LogP contribution in [-0.4, -0.2) is 60.4 Å². The van der Waals surface area contributed by atoms with Crippen molar-refractivity contribution >= 4 is 45.9 Å². The van der Waals surface area contributed by atoms with Crippen molar-refractivity contribution in [1.29, 1.82) is 0 Å². The summed E-state index contributed by atoms with van der Waals surface area (Å²) in [5.41, 5.74) is 10.3. The van der Waals surface area contributed by atoms with Gasteiger partial charge in [-0.25, -0.2) is 19.6 Å². The molecule has 0 atom stereocenters. The molecule has 89 heavy (non-hydrogen) atoms. The third-order valence-electron chi connectivity index (χ3n) is 15.0. The summed E-state index contributed by atoms with van der Waals surface area (Å²) >= 11 is 0. The maximum Gasteiger partial charge on any atom is 2.00 e. The fourth-order valence-corrected chi connectivity index (χ4v) is 10.6. The molecule has 7 rings (SSSR count). The van der Waals surface area contributed by atoms with Crippen molar-refractivity contribution in [3.05, 3.63) is 128 Å². The molecule has 1 aliphatic carbocycles. The van der Waals surface area contributed by atoms with Crippen LogP contribution in [0.3, 0.4) is 0 Å². The van der Waals surface area contributed by atoms with E-state index in [-0.39, 0.29) is 28.0 Å². The molecule has 0 fully saturated rings.